The molecule has 1 atom stereocenters. The third kappa shape index (κ3) is 5.81. The van der Waals surface area contributed by atoms with Gasteiger partial charge in [0.25, 0.3) is 0 Å². The summed E-state index contributed by atoms with van der Waals surface area (Å²) in [5.41, 5.74) is 2.09. The second-order valence-electron chi connectivity index (χ2n) is 7.24. The van der Waals surface area contributed by atoms with E-state index >= 15 is 0 Å². The van der Waals surface area contributed by atoms with Crippen LogP contribution in [0.2, 0.25) is 0 Å². The Balaban J connectivity index is 1.47. The highest BCUT2D eigenvalue weighted by Gasteiger charge is 2.22. The lowest BCUT2D eigenvalue weighted by atomic mass is 10.1. The van der Waals surface area contributed by atoms with E-state index < -0.39 is 0 Å². The van der Waals surface area contributed by atoms with E-state index in [2.05, 4.69) is 12.2 Å². The summed E-state index contributed by atoms with van der Waals surface area (Å²) in [6.45, 7) is 7.97. The molecule has 1 aliphatic heterocycles. The van der Waals surface area contributed by atoms with Gasteiger partial charge in [-0.2, -0.15) is 0 Å². The lowest BCUT2D eigenvalue weighted by Crippen LogP contribution is -2.23. The number of hydrogen-bond acceptors (Lipinski definition) is 5. The molecule has 3 rings (SSSR count). The topological polar surface area (TPSA) is 66.0 Å². The Morgan fingerprint density at radius 2 is 1.77 bits per heavy atom. The molecule has 0 saturated carbocycles. The molecule has 0 aliphatic carbocycles. The quantitative estimate of drug-likeness (QED) is 0.557. The maximum absolute atomic E-state index is 12.3. The van der Waals surface area contributed by atoms with Crippen molar-refractivity contribution in [1.82, 2.24) is 5.32 Å². The Bertz CT molecular complexity index is 851. The van der Waals surface area contributed by atoms with Crippen LogP contribution in [0.1, 0.15) is 44.7 Å². The van der Waals surface area contributed by atoms with Crippen molar-refractivity contribution in [2.24, 2.45) is 0 Å². The zero-order valence-corrected chi connectivity index (χ0v) is 18.0. The van der Waals surface area contributed by atoms with Gasteiger partial charge in [0, 0.05) is 30.5 Å². The van der Waals surface area contributed by atoms with E-state index in [0.717, 1.165) is 34.8 Å². The second kappa shape index (κ2) is 10.8. The van der Waals surface area contributed by atoms with Gasteiger partial charge in [-0.15, -0.1) is 0 Å². The molecular weight excluding hydrogens is 382 g/mol. The van der Waals surface area contributed by atoms with Gasteiger partial charge in [0.15, 0.2) is 11.5 Å². The van der Waals surface area contributed by atoms with E-state index in [9.17, 15) is 4.79 Å². The highest BCUT2D eigenvalue weighted by molar-refractivity contribution is 5.76. The fraction of sp³-hybridized carbons (Fsp3) is 0.458. The lowest BCUT2D eigenvalue weighted by Gasteiger charge is -2.14. The van der Waals surface area contributed by atoms with E-state index in [4.69, 9.17) is 18.9 Å². The van der Waals surface area contributed by atoms with Gasteiger partial charge in [-0.05, 0) is 51.5 Å². The highest BCUT2D eigenvalue weighted by atomic mass is 16.5. The van der Waals surface area contributed by atoms with Gasteiger partial charge in [0.1, 0.15) is 17.6 Å². The van der Waals surface area contributed by atoms with Crippen LogP contribution in [0.3, 0.4) is 0 Å². The van der Waals surface area contributed by atoms with Gasteiger partial charge in [0.05, 0.1) is 19.8 Å². The van der Waals surface area contributed by atoms with Crippen molar-refractivity contribution in [3.8, 4) is 23.0 Å². The average Bonchev–Trinajstić information content (AvgIpc) is 3.10. The third-order valence-corrected chi connectivity index (χ3v) is 4.81. The van der Waals surface area contributed by atoms with Crippen LogP contribution < -0.4 is 24.3 Å². The van der Waals surface area contributed by atoms with Crippen molar-refractivity contribution >= 4 is 5.91 Å². The van der Waals surface area contributed by atoms with Gasteiger partial charge in [0.2, 0.25) is 5.91 Å². The molecule has 6 nitrogen and oxygen atoms in total. The number of benzene rings is 2. The van der Waals surface area contributed by atoms with Crippen LogP contribution in [0.15, 0.2) is 36.4 Å². The van der Waals surface area contributed by atoms with E-state index in [0.29, 0.717) is 45.0 Å². The van der Waals surface area contributed by atoms with Crippen LogP contribution in [0.5, 0.6) is 23.0 Å². The van der Waals surface area contributed by atoms with Crippen LogP contribution >= 0.6 is 0 Å². The minimum Gasteiger partial charge on any atom is -0.494 e. The van der Waals surface area contributed by atoms with Crippen molar-refractivity contribution < 1.29 is 23.7 Å². The maximum Gasteiger partial charge on any atom is 0.220 e. The molecule has 0 aromatic heterocycles. The first-order valence-corrected chi connectivity index (χ1v) is 10.7. The molecule has 1 aliphatic rings. The van der Waals surface area contributed by atoms with Crippen LogP contribution in [-0.2, 0) is 17.8 Å². The minimum absolute atomic E-state index is 0.0195. The fourth-order valence-corrected chi connectivity index (χ4v) is 3.45. The molecule has 0 fully saturated rings. The molecule has 0 bridgehead atoms. The van der Waals surface area contributed by atoms with Crippen LogP contribution in [0.25, 0.3) is 0 Å². The standard InChI is InChI=1S/C24H31NO5/c1-4-27-20-9-6-7-10-21(20)29-12-8-11-24(26)25-16-19-15-23-18(13-17(3)30-23)14-22(19)28-5-2/h6-7,9-10,14-15,17H,4-5,8,11-13,16H2,1-3H3,(H,25,26)/t17-/m1/s1. The average molecular weight is 414 g/mol. The summed E-state index contributed by atoms with van der Waals surface area (Å²) in [4.78, 5) is 12.3. The van der Waals surface area contributed by atoms with Crippen LogP contribution in [0, 0.1) is 0 Å². The molecule has 0 saturated heterocycles. The zero-order valence-electron chi connectivity index (χ0n) is 18.0. The lowest BCUT2D eigenvalue weighted by molar-refractivity contribution is -0.121. The van der Waals surface area contributed by atoms with Gasteiger partial charge in [-0.25, -0.2) is 0 Å². The number of para-hydroxylation sites is 2. The predicted molar refractivity (Wildman–Crippen MR) is 116 cm³/mol. The number of rotatable bonds is 11. The Morgan fingerprint density at radius 3 is 2.50 bits per heavy atom. The Kier molecular flexibility index (Phi) is 7.82. The first-order chi connectivity index (χ1) is 14.6. The van der Waals surface area contributed by atoms with Crippen molar-refractivity contribution in [1.29, 1.82) is 0 Å². The molecule has 30 heavy (non-hydrogen) atoms. The molecule has 0 unspecified atom stereocenters. The molecule has 162 valence electrons. The first kappa shape index (κ1) is 21.8. The number of fused-ring (bicyclic) bond motifs is 1. The van der Waals surface area contributed by atoms with Crippen LogP contribution in [-0.4, -0.2) is 31.8 Å². The van der Waals surface area contributed by atoms with Crippen molar-refractivity contribution in [2.45, 2.75) is 52.7 Å². The Morgan fingerprint density at radius 1 is 1.07 bits per heavy atom. The number of amides is 1. The van der Waals surface area contributed by atoms with Gasteiger partial charge in [-0.3, -0.25) is 4.79 Å². The predicted octanol–water partition coefficient (Wildman–Crippen LogP) is 4.28. The normalized spacial score (nSPS) is 14.6. The number of ether oxygens (including phenoxy) is 4. The number of hydrogen-bond donors (Lipinski definition) is 1. The summed E-state index contributed by atoms with van der Waals surface area (Å²) in [6, 6.07) is 11.6. The SMILES string of the molecule is CCOc1cc2c(cc1CNC(=O)CCCOc1ccccc1OCC)O[C@H](C)C2. The molecule has 0 radical (unpaired) electrons. The zero-order chi connectivity index (χ0) is 21.3. The summed E-state index contributed by atoms with van der Waals surface area (Å²) in [5, 5.41) is 2.98. The van der Waals surface area contributed by atoms with Crippen molar-refractivity contribution in [3.05, 3.63) is 47.5 Å². The van der Waals surface area contributed by atoms with E-state index in [1.807, 2.05) is 50.2 Å². The van der Waals surface area contributed by atoms with E-state index in [1.54, 1.807) is 0 Å². The summed E-state index contributed by atoms with van der Waals surface area (Å²) in [7, 11) is 0. The summed E-state index contributed by atoms with van der Waals surface area (Å²) in [6.07, 6.45) is 2.07. The summed E-state index contributed by atoms with van der Waals surface area (Å²) in [5.74, 6) is 3.10. The molecule has 2 aromatic rings. The highest BCUT2D eigenvalue weighted by Crippen LogP contribution is 2.35. The molecule has 2 aromatic carbocycles. The van der Waals surface area contributed by atoms with Crippen molar-refractivity contribution in [2.75, 3.05) is 19.8 Å². The third-order valence-electron chi connectivity index (χ3n) is 4.81. The Labute approximate surface area is 178 Å². The Hall–Kier alpha value is -2.89. The van der Waals surface area contributed by atoms with Gasteiger partial charge >= 0.3 is 0 Å². The number of nitrogens with one attached hydrogen (secondary N) is 1. The summed E-state index contributed by atoms with van der Waals surface area (Å²) < 4.78 is 22.9. The van der Waals surface area contributed by atoms with E-state index in [-0.39, 0.29) is 12.0 Å². The molecule has 1 N–H and O–H groups in total. The fourth-order valence-electron chi connectivity index (χ4n) is 3.45. The minimum atomic E-state index is -0.0195. The van der Waals surface area contributed by atoms with Crippen LogP contribution in [0.4, 0.5) is 0 Å². The molecule has 0 spiro atoms. The van der Waals surface area contributed by atoms with Gasteiger partial charge in [-0.1, -0.05) is 12.1 Å². The number of carbonyl (C=O) groups is 1. The second-order valence-corrected chi connectivity index (χ2v) is 7.24. The number of carbonyl (C=O) groups excluding carboxylic acids is 1. The molecule has 1 amide bonds. The van der Waals surface area contributed by atoms with E-state index in [1.165, 1.54) is 0 Å². The summed E-state index contributed by atoms with van der Waals surface area (Å²) >= 11 is 0. The first-order valence-electron chi connectivity index (χ1n) is 10.7. The molecular formula is C24H31NO5. The van der Waals surface area contributed by atoms with Crippen molar-refractivity contribution in [3.63, 3.8) is 0 Å². The maximum atomic E-state index is 12.3. The molecule has 6 heteroatoms. The molecule has 1 heterocycles. The smallest absolute Gasteiger partial charge is 0.220 e. The largest absolute Gasteiger partial charge is 0.494 e. The van der Waals surface area contributed by atoms with Gasteiger partial charge < -0.3 is 24.3 Å². The monoisotopic (exact) mass is 413 g/mol.